The molecule has 0 aliphatic carbocycles. The molecule has 1 rings (SSSR count). The predicted molar refractivity (Wildman–Crippen MR) is 39.6 cm³/mol. The number of rotatable bonds is 0. The summed E-state index contributed by atoms with van der Waals surface area (Å²) in [5.74, 6) is 0. The predicted octanol–water partition coefficient (Wildman–Crippen LogP) is 2.19. The highest BCUT2D eigenvalue weighted by atomic mass is 14.7. The second-order valence-electron chi connectivity index (χ2n) is 2.30. The summed E-state index contributed by atoms with van der Waals surface area (Å²) in [5, 5.41) is 0. The molecule has 1 aliphatic rings. The van der Waals surface area contributed by atoms with Gasteiger partial charge in [-0.1, -0.05) is 4.99 Å². The van der Waals surface area contributed by atoms with E-state index in [2.05, 4.69) is 25.1 Å². The van der Waals surface area contributed by atoms with Gasteiger partial charge in [0.15, 0.2) is 6.21 Å². The maximum absolute atomic E-state index is 3.92. The van der Waals surface area contributed by atoms with E-state index in [1.807, 2.05) is 13.1 Å². The van der Waals surface area contributed by atoms with Gasteiger partial charge < -0.3 is 0 Å². The molecule has 0 aromatic carbocycles. The summed E-state index contributed by atoms with van der Waals surface area (Å²) in [6.45, 7) is 6.17. The van der Waals surface area contributed by atoms with Crippen molar-refractivity contribution in [3.8, 4) is 0 Å². The van der Waals surface area contributed by atoms with Crippen LogP contribution in [0.3, 0.4) is 0 Å². The van der Waals surface area contributed by atoms with Gasteiger partial charge in [-0.3, -0.25) is 0 Å². The Hall–Kier alpha value is -0.940. The summed E-state index contributed by atoms with van der Waals surface area (Å²) in [7, 11) is 0. The van der Waals surface area contributed by atoms with Gasteiger partial charge >= 0.3 is 0 Å². The lowest BCUT2D eigenvalue weighted by Crippen LogP contribution is -1.91. The Morgan fingerprint density at radius 3 is 2.44 bits per heavy atom. The number of allylic oxidation sites excluding steroid dienone is 3. The van der Waals surface area contributed by atoms with Crippen LogP contribution in [0.25, 0.3) is 0 Å². The number of nitrogens with zero attached hydrogens (tertiary/aromatic N) is 1. The van der Waals surface area contributed by atoms with Gasteiger partial charge in [0.25, 0.3) is 0 Å². The summed E-state index contributed by atoms with van der Waals surface area (Å²) in [6, 6.07) is 0. The lowest BCUT2D eigenvalue weighted by molar-refractivity contribution is 1.25. The highest BCUT2D eigenvalue weighted by Gasteiger charge is 2.10. The fourth-order valence-electron chi connectivity index (χ4n) is 0.702. The molecule has 46 valence electrons. The molecule has 0 unspecified atom stereocenters. The lowest BCUT2D eigenvalue weighted by Gasteiger charge is -1.94. The Kier molecular flexibility index (Phi) is 1.46. The van der Waals surface area contributed by atoms with Crippen molar-refractivity contribution in [1.29, 1.82) is 0 Å². The van der Waals surface area contributed by atoms with E-state index in [0.29, 0.717) is 0 Å². The van der Waals surface area contributed by atoms with Gasteiger partial charge in [0, 0.05) is 6.92 Å². The topological polar surface area (TPSA) is 12.4 Å². The standard InChI is InChI=1S/C8H10N/c1-6-4-9-5-7(2)8(6)3/h4H,1-3H3/q+1. The molecule has 0 amide bonds. The van der Waals surface area contributed by atoms with Crippen LogP contribution in [0, 0.1) is 0 Å². The third kappa shape index (κ3) is 1.06. The minimum absolute atomic E-state index is 1.15. The van der Waals surface area contributed by atoms with Crippen molar-refractivity contribution in [3.05, 3.63) is 22.9 Å². The first kappa shape index (κ1) is 6.18. The first-order valence-electron chi connectivity index (χ1n) is 3.02. The Labute approximate surface area is 55.8 Å². The molecule has 9 heavy (non-hydrogen) atoms. The first-order chi connectivity index (χ1) is 4.22. The van der Waals surface area contributed by atoms with E-state index in [1.54, 1.807) is 0 Å². The van der Waals surface area contributed by atoms with Crippen LogP contribution >= 0.6 is 0 Å². The normalized spacial score (nSPS) is 17.4. The average Bonchev–Trinajstić information content (AvgIpc) is 1.83. The summed E-state index contributed by atoms with van der Waals surface area (Å²) < 4.78 is 0. The van der Waals surface area contributed by atoms with Crippen molar-refractivity contribution < 1.29 is 0 Å². The highest BCUT2D eigenvalue weighted by molar-refractivity contribution is 5.82. The van der Waals surface area contributed by atoms with Crippen LogP contribution in [0.4, 0.5) is 0 Å². The van der Waals surface area contributed by atoms with Crippen LogP contribution in [0.15, 0.2) is 27.9 Å². The van der Waals surface area contributed by atoms with Crippen LogP contribution in [-0.2, 0) is 0 Å². The van der Waals surface area contributed by atoms with Gasteiger partial charge in [-0.15, -0.1) is 0 Å². The Morgan fingerprint density at radius 2 is 2.00 bits per heavy atom. The Morgan fingerprint density at radius 1 is 1.33 bits per heavy atom. The lowest BCUT2D eigenvalue weighted by atomic mass is 10.0. The van der Waals surface area contributed by atoms with Gasteiger partial charge in [0.1, 0.15) is 11.8 Å². The van der Waals surface area contributed by atoms with Crippen molar-refractivity contribution in [2.45, 2.75) is 20.8 Å². The van der Waals surface area contributed by atoms with E-state index in [0.717, 1.165) is 5.57 Å². The number of hydrogen-bond donors (Lipinski definition) is 0. The summed E-state index contributed by atoms with van der Waals surface area (Å²) in [5.41, 5.74) is 3.69. The maximum Gasteiger partial charge on any atom is 0.159 e. The molecule has 1 heteroatoms. The van der Waals surface area contributed by atoms with E-state index >= 15 is 0 Å². The SMILES string of the molecule is CC1=CN=[C+]C(C)=C1C. The molecule has 0 saturated carbocycles. The minimum atomic E-state index is 1.15. The van der Waals surface area contributed by atoms with Crippen molar-refractivity contribution in [1.82, 2.24) is 0 Å². The third-order valence-electron chi connectivity index (χ3n) is 1.64. The van der Waals surface area contributed by atoms with Crippen LogP contribution in [-0.4, -0.2) is 6.21 Å². The molecule has 0 fully saturated rings. The summed E-state index contributed by atoms with van der Waals surface area (Å²) >= 11 is 0. The maximum atomic E-state index is 3.92. The molecular weight excluding hydrogens is 110 g/mol. The molecule has 0 spiro atoms. The fourth-order valence-corrected chi connectivity index (χ4v) is 0.702. The molecule has 0 saturated heterocycles. The van der Waals surface area contributed by atoms with Crippen molar-refractivity contribution in [3.63, 3.8) is 0 Å². The van der Waals surface area contributed by atoms with Crippen LogP contribution in [0.5, 0.6) is 0 Å². The summed E-state index contributed by atoms with van der Waals surface area (Å²) in [4.78, 5) is 3.92. The minimum Gasteiger partial charge on any atom is -0.0737 e. The van der Waals surface area contributed by atoms with E-state index in [9.17, 15) is 0 Å². The number of hydrogen-bond acceptors (Lipinski definition) is 1. The van der Waals surface area contributed by atoms with Crippen LogP contribution in [0.1, 0.15) is 20.8 Å². The quantitative estimate of drug-likeness (QED) is 0.434. The zero-order chi connectivity index (χ0) is 6.85. The molecule has 1 aliphatic heterocycles. The molecule has 0 N–H and O–H groups in total. The molecule has 1 nitrogen and oxygen atoms in total. The van der Waals surface area contributed by atoms with Gasteiger partial charge in [-0.2, -0.15) is 0 Å². The van der Waals surface area contributed by atoms with Crippen molar-refractivity contribution in [2.75, 3.05) is 0 Å². The van der Waals surface area contributed by atoms with Crippen LogP contribution in [0.2, 0.25) is 0 Å². The smallest absolute Gasteiger partial charge is 0.0737 e. The average molecular weight is 120 g/mol. The largest absolute Gasteiger partial charge is 0.159 e. The second kappa shape index (κ2) is 2.12. The molecule has 0 aromatic heterocycles. The van der Waals surface area contributed by atoms with Crippen molar-refractivity contribution in [2.24, 2.45) is 4.99 Å². The number of aliphatic imine (C=N–C) groups is 1. The molecular formula is C8H10N+. The van der Waals surface area contributed by atoms with E-state index in [1.165, 1.54) is 11.1 Å². The molecule has 0 atom stereocenters. The van der Waals surface area contributed by atoms with E-state index < -0.39 is 0 Å². The van der Waals surface area contributed by atoms with Gasteiger partial charge in [-0.25, -0.2) is 0 Å². The van der Waals surface area contributed by atoms with Gasteiger partial charge in [-0.05, 0) is 13.8 Å². The third-order valence-corrected chi connectivity index (χ3v) is 1.64. The highest BCUT2D eigenvalue weighted by Crippen LogP contribution is 2.15. The Balaban J connectivity index is 3.06. The first-order valence-corrected chi connectivity index (χ1v) is 3.02. The van der Waals surface area contributed by atoms with E-state index in [4.69, 9.17) is 0 Å². The van der Waals surface area contributed by atoms with Gasteiger partial charge in [0.2, 0.25) is 0 Å². The summed E-state index contributed by atoms with van der Waals surface area (Å²) in [6.07, 6.45) is 4.73. The monoisotopic (exact) mass is 120 g/mol. The molecule has 0 aromatic rings. The zero-order valence-electron chi connectivity index (χ0n) is 6.02. The van der Waals surface area contributed by atoms with Crippen LogP contribution < -0.4 is 0 Å². The van der Waals surface area contributed by atoms with Crippen molar-refractivity contribution >= 4 is 6.21 Å². The Bertz CT molecular complexity index is 207. The van der Waals surface area contributed by atoms with E-state index in [-0.39, 0.29) is 0 Å². The zero-order valence-corrected chi connectivity index (χ0v) is 6.02. The second-order valence-corrected chi connectivity index (χ2v) is 2.30. The molecule has 0 bridgehead atoms. The van der Waals surface area contributed by atoms with Gasteiger partial charge in [0.05, 0.1) is 11.1 Å². The molecule has 1 heterocycles. The molecule has 0 radical (unpaired) electrons. The fraction of sp³-hybridized carbons (Fsp3) is 0.375.